The molecular weight excluding hydrogens is 848 g/mol. The Morgan fingerprint density at radius 1 is 0.500 bits per heavy atom. The normalized spacial score (nSPS) is 17.2. The van der Waals surface area contributed by atoms with Crippen molar-refractivity contribution in [2.45, 2.75) is 116 Å². The summed E-state index contributed by atoms with van der Waals surface area (Å²) in [6.07, 6.45) is 2.33. The molecule has 8 aromatic carbocycles. The van der Waals surface area contributed by atoms with Gasteiger partial charge in [0.05, 0.1) is 11.2 Å². The molecule has 70 heavy (non-hydrogen) atoms. The number of nitrogens with zero attached hydrogens (tertiary/aromatic N) is 1. The molecule has 3 heterocycles. The Balaban J connectivity index is 1.06. The van der Waals surface area contributed by atoms with Crippen LogP contribution in [0.3, 0.4) is 0 Å². The molecule has 0 atom stereocenters. The van der Waals surface area contributed by atoms with Gasteiger partial charge < -0.3 is 14.3 Å². The van der Waals surface area contributed by atoms with Crippen LogP contribution in [-0.2, 0) is 27.1 Å². The highest BCUT2D eigenvalue weighted by Crippen LogP contribution is 2.54. The SMILES string of the molecule is CC(C)(C)c1ccc(Nc2cc3oc4cc5c(cc4c3cc2-c2ccc3c4cc6c(cc4n4c3c2Bc2cc3c(cc2-4)C(C)(C)c2ccccc2-3)-c2ccccc2C6(C)C)C(C)(C)CCC5(C)C)cc1. The molecule has 1 aliphatic heterocycles. The van der Waals surface area contributed by atoms with Gasteiger partial charge in [-0.05, 0) is 150 Å². The second kappa shape index (κ2) is 13.5. The van der Waals surface area contributed by atoms with Gasteiger partial charge >= 0.3 is 0 Å². The van der Waals surface area contributed by atoms with Crippen LogP contribution >= 0.6 is 0 Å². The molecule has 3 aliphatic carbocycles. The Morgan fingerprint density at radius 3 is 1.76 bits per heavy atom. The van der Waals surface area contributed by atoms with Crippen molar-refractivity contribution in [1.29, 1.82) is 0 Å². The van der Waals surface area contributed by atoms with E-state index >= 15 is 0 Å². The molecule has 0 bridgehead atoms. The fraction of sp³-hybridized carbons (Fsp3) is 0.273. The van der Waals surface area contributed by atoms with Gasteiger partial charge in [0.25, 0.3) is 0 Å². The predicted molar refractivity (Wildman–Crippen MR) is 299 cm³/mol. The lowest BCUT2D eigenvalue weighted by Crippen LogP contribution is -2.37. The summed E-state index contributed by atoms with van der Waals surface area (Å²) in [6.45, 7) is 26.1. The Labute approximate surface area is 413 Å². The monoisotopic (exact) mass is 908 g/mol. The molecule has 344 valence electrons. The van der Waals surface area contributed by atoms with E-state index in [9.17, 15) is 0 Å². The van der Waals surface area contributed by atoms with Gasteiger partial charge in [-0.1, -0.05) is 160 Å². The maximum Gasteiger partial charge on any atom is 0.198 e. The zero-order chi connectivity index (χ0) is 48.2. The van der Waals surface area contributed by atoms with Crippen LogP contribution in [0.1, 0.15) is 128 Å². The quantitative estimate of drug-likeness (QED) is 0.179. The number of fused-ring (bicyclic) bond motifs is 15. The molecule has 3 nitrogen and oxygen atoms in total. The molecule has 0 amide bonds. The lowest BCUT2D eigenvalue weighted by Gasteiger charge is -2.41. The molecule has 0 saturated carbocycles. The van der Waals surface area contributed by atoms with Crippen molar-refractivity contribution >= 4 is 73.3 Å². The fourth-order valence-corrected chi connectivity index (χ4v) is 13.8. The number of hydrogen-bond donors (Lipinski definition) is 1. The van der Waals surface area contributed by atoms with Crippen molar-refractivity contribution in [3.8, 4) is 39.1 Å². The minimum absolute atomic E-state index is 0.0588. The van der Waals surface area contributed by atoms with E-state index in [0.717, 1.165) is 36.2 Å². The molecule has 0 fully saturated rings. The molecule has 4 heteroatoms. The first kappa shape index (κ1) is 42.1. The van der Waals surface area contributed by atoms with Crippen LogP contribution in [0.2, 0.25) is 0 Å². The van der Waals surface area contributed by atoms with E-state index < -0.39 is 0 Å². The fourth-order valence-electron chi connectivity index (χ4n) is 13.8. The van der Waals surface area contributed by atoms with E-state index in [2.05, 4.69) is 220 Å². The zero-order valence-electron chi connectivity index (χ0n) is 42.7. The summed E-state index contributed by atoms with van der Waals surface area (Å²) in [5, 5.41) is 8.98. The average Bonchev–Trinajstić information content (AvgIpc) is 3.99. The molecule has 2 aromatic heterocycles. The lowest BCUT2D eigenvalue weighted by atomic mass is 9.58. The summed E-state index contributed by atoms with van der Waals surface area (Å²) in [6, 6.07) is 51.9. The van der Waals surface area contributed by atoms with Gasteiger partial charge in [0.15, 0.2) is 7.28 Å². The largest absolute Gasteiger partial charge is 0.456 e. The molecule has 14 rings (SSSR count). The van der Waals surface area contributed by atoms with Gasteiger partial charge in [0.2, 0.25) is 0 Å². The van der Waals surface area contributed by atoms with Gasteiger partial charge in [0, 0.05) is 60.9 Å². The van der Waals surface area contributed by atoms with Crippen molar-refractivity contribution in [3.63, 3.8) is 0 Å². The Bertz CT molecular complexity index is 3970. The number of nitrogens with one attached hydrogen (secondary N) is 1. The minimum Gasteiger partial charge on any atom is -0.456 e. The van der Waals surface area contributed by atoms with Crippen LogP contribution in [0, 0.1) is 0 Å². The maximum atomic E-state index is 6.98. The summed E-state index contributed by atoms with van der Waals surface area (Å²) in [5.74, 6) is 0. The third-order valence-corrected chi connectivity index (χ3v) is 18.0. The van der Waals surface area contributed by atoms with Gasteiger partial charge in [-0.2, -0.15) is 0 Å². The summed E-state index contributed by atoms with van der Waals surface area (Å²) < 4.78 is 9.64. The third-order valence-electron chi connectivity index (χ3n) is 18.0. The smallest absolute Gasteiger partial charge is 0.198 e. The van der Waals surface area contributed by atoms with E-state index in [1.807, 2.05) is 0 Å². The molecular formula is C66H61BN2O. The number of furan rings is 1. The first-order valence-electron chi connectivity index (χ1n) is 25.7. The molecule has 10 aromatic rings. The average molecular weight is 909 g/mol. The Hall–Kier alpha value is -6.78. The molecule has 4 aliphatic rings. The van der Waals surface area contributed by atoms with Crippen LogP contribution in [-0.4, -0.2) is 11.8 Å². The Kier molecular flexibility index (Phi) is 8.15. The van der Waals surface area contributed by atoms with Crippen LogP contribution in [0.5, 0.6) is 0 Å². The standard InChI is InChI=1S/C66H61BN2O/c1-62(2,3)36-20-22-37(23-21-36)68-55-35-59-46(47-30-52-53(34-58(47)70-59)64(6,7)27-26-63(52,4)5)28-44(55)40-24-25-41-45-29-50-43(39-17-13-15-19-49(39)65(50,8)9)32-56(45)69-57-33-51-42(31-54(57)67-60(40)61(41)69)38-16-12-14-18-48(38)66(51,10)11/h12-25,28-35,67-68H,26-27H2,1-11H3. The van der Waals surface area contributed by atoms with E-state index in [1.54, 1.807) is 0 Å². The van der Waals surface area contributed by atoms with Crippen LogP contribution < -0.4 is 16.2 Å². The second-order valence-corrected chi connectivity index (χ2v) is 24.9. The Morgan fingerprint density at radius 2 is 1.09 bits per heavy atom. The number of aromatic nitrogens is 1. The van der Waals surface area contributed by atoms with Crippen LogP contribution in [0.15, 0.2) is 138 Å². The van der Waals surface area contributed by atoms with Crippen molar-refractivity contribution in [2.75, 3.05) is 5.32 Å². The van der Waals surface area contributed by atoms with Gasteiger partial charge in [-0.25, -0.2) is 0 Å². The van der Waals surface area contributed by atoms with E-state index in [0.29, 0.717) is 0 Å². The molecule has 0 radical (unpaired) electrons. The topological polar surface area (TPSA) is 30.1 Å². The first-order chi connectivity index (χ1) is 33.3. The summed E-state index contributed by atoms with van der Waals surface area (Å²) >= 11 is 0. The van der Waals surface area contributed by atoms with Crippen molar-refractivity contribution in [2.24, 2.45) is 0 Å². The summed E-state index contributed by atoms with van der Waals surface area (Å²) in [7, 11) is 0.822. The maximum absolute atomic E-state index is 6.98. The van der Waals surface area contributed by atoms with Crippen molar-refractivity contribution in [3.05, 3.63) is 172 Å². The number of anilines is 2. The van der Waals surface area contributed by atoms with Gasteiger partial charge in [0.1, 0.15) is 11.2 Å². The predicted octanol–water partition coefficient (Wildman–Crippen LogP) is 16.1. The van der Waals surface area contributed by atoms with Gasteiger partial charge in [-0.3, -0.25) is 0 Å². The minimum atomic E-state index is -0.117. The second-order valence-electron chi connectivity index (χ2n) is 24.9. The number of hydrogen-bond acceptors (Lipinski definition) is 2. The van der Waals surface area contributed by atoms with E-state index in [4.69, 9.17) is 4.42 Å². The lowest BCUT2D eigenvalue weighted by molar-refractivity contribution is 0.332. The third kappa shape index (κ3) is 5.59. The zero-order valence-corrected chi connectivity index (χ0v) is 42.7. The van der Waals surface area contributed by atoms with Crippen molar-refractivity contribution < 1.29 is 4.42 Å². The molecule has 1 N–H and O–H groups in total. The highest BCUT2D eigenvalue weighted by Gasteiger charge is 2.41. The highest BCUT2D eigenvalue weighted by atomic mass is 16.3. The highest BCUT2D eigenvalue weighted by molar-refractivity contribution is 6.73. The van der Waals surface area contributed by atoms with E-state index in [1.165, 1.54) is 128 Å². The summed E-state index contributed by atoms with van der Waals surface area (Å²) in [5.41, 5.74) is 28.3. The number of rotatable bonds is 3. The van der Waals surface area contributed by atoms with Crippen LogP contribution in [0.4, 0.5) is 11.4 Å². The van der Waals surface area contributed by atoms with Crippen molar-refractivity contribution in [1.82, 2.24) is 4.57 Å². The number of benzene rings is 8. The molecule has 0 unspecified atom stereocenters. The molecule has 0 saturated heterocycles. The first-order valence-corrected chi connectivity index (χ1v) is 25.7. The molecule has 0 spiro atoms. The van der Waals surface area contributed by atoms with Crippen LogP contribution in [0.25, 0.3) is 82.8 Å². The van der Waals surface area contributed by atoms with Gasteiger partial charge in [-0.15, -0.1) is 0 Å². The summed E-state index contributed by atoms with van der Waals surface area (Å²) in [4.78, 5) is 0. The van der Waals surface area contributed by atoms with E-state index in [-0.39, 0.29) is 27.1 Å².